The third-order valence-corrected chi connectivity index (χ3v) is 4.25. The minimum atomic E-state index is -3.53. The number of aromatic nitrogens is 3. The van der Waals surface area contributed by atoms with Crippen LogP contribution in [-0.2, 0) is 16.4 Å². The molecule has 7 nitrogen and oxygen atoms in total. The zero-order valence-electron chi connectivity index (χ0n) is 11.3. The first kappa shape index (κ1) is 14.5. The van der Waals surface area contributed by atoms with E-state index in [1.54, 1.807) is 26.2 Å². The number of nitrogens with zero attached hydrogens (tertiary/aromatic N) is 2. The molecule has 0 amide bonds. The predicted octanol–water partition coefficient (Wildman–Crippen LogP) is 0.643. The van der Waals surface area contributed by atoms with Gasteiger partial charge >= 0.3 is 0 Å². The number of hydrogen-bond donors (Lipinski definition) is 2. The molecule has 0 bridgehead atoms. The Labute approximate surface area is 117 Å². The maximum atomic E-state index is 12.1. The van der Waals surface area contributed by atoms with Crippen molar-refractivity contribution in [3.8, 4) is 5.75 Å². The second-order valence-corrected chi connectivity index (χ2v) is 5.98. The summed E-state index contributed by atoms with van der Waals surface area (Å²) in [6, 6.07) is 4.73. The van der Waals surface area contributed by atoms with E-state index in [1.807, 2.05) is 0 Å². The largest absolute Gasteiger partial charge is 0.496 e. The lowest BCUT2D eigenvalue weighted by atomic mass is 10.2. The monoisotopic (exact) mass is 296 g/mol. The minimum absolute atomic E-state index is 0.216. The molecule has 0 saturated carbocycles. The molecule has 0 atom stereocenters. The van der Waals surface area contributed by atoms with Crippen LogP contribution in [0.5, 0.6) is 5.75 Å². The van der Waals surface area contributed by atoms with Crippen molar-refractivity contribution in [3.05, 3.63) is 35.9 Å². The number of rotatable bonds is 6. The smallest absolute Gasteiger partial charge is 0.240 e. The molecule has 1 aromatic carbocycles. The highest BCUT2D eigenvalue weighted by atomic mass is 32.2. The Bertz CT molecular complexity index is 668. The Morgan fingerprint density at radius 3 is 2.80 bits per heavy atom. The molecule has 0 aliphatic carbocycles. The van der Waals surface area contributed by atoms with Crippen molar-refractivity contribution < 1.29 is 13.2 Å². The van der Waals surface area contributed by atoms with Gasteiger partial charge in [-0.25, -0.2) is 18.1 Å². The van der Waals surface area contributed by atoms with E-state index in [2.05, 4.69) is 19.9 Å². The maximum Gasteiger partial charge on any atom is 0.240 e. The van der Waals surface area contributed by atoms with Crippen molar-refractivity contribution in [3.63, 3.8) is 0 Å². The highest BCUT2D eigenvalue weighted by Crippen LogP contribution is 2.21. The van der Waals surface area contributed by atoms with Crippen LogP contribution in [0.1, 0.15) is 11.4 Å². The molecular formula is C12H16N4O3S. The fourth-order valence-corrected chi connectivity index (χ4v) is 2.87. The third kappa shape index (κ3) is 3.34. The van der Waals surface area contributed by atoms with Crippen LogP contribution in [0.4, 0.5) is 0 Å². The number of aromatic amines is 1. The van der Waals surface area contributed by atoms with E-state index in [9.17, 15) is 8.42 Å². The van der Waals surface area contributed by atoms with E-state index < -0.39 is 10.0 Å². The van der Waals surface area contributed by atoms with Crippen LogP contribution in [0, 0.1) is 6.92 Å². The topological polar surface area (TPSA) is 97.0 Å². The summed E-state index contributed by atoms with van der Waals surface area (Å²) in [4.78, 5) is 4.14. The average Bonchev–Trinajstić information content (AvgIpc) is 2.91. The van der Waals surface area contributed by atoms with Crippen molar-refractivity contribution in [1.29, 1.82) is 0 Å². The summed E-state index contributed by atoms with van der Waals surface area (Å²) in [5, 5.41) is 6.37. The van der Waals surface area contributed by atoms with Crippen molar-refractivity contribution in [2.45, 2.75) is 18.2 Å². The van der Waals surface area contributed by atoms with Gasteiger partial charge in [-0.1, -0.05) is 0 Å². The standard InChI is InChI=1S/C12H16N4O3S/c1-9-7-10(3-4-11(9)19-2)20(17,18)15-6-5-12-13-8-14-16-12/h3-4,7-8,15H,5-6H2,1-2H3,(H,13,14,16). The maximum absolute atomic E-state index is 12.1. The summed E-state index contributed by atoms with van der Waals surface area (Å²) in [6.45, 7) is 2.05. The van der Waals surface area contributed by atoms with Crippen molar-refractivity contribution >= 4 is 10.0 Å². The number of nitrogens with one attached hydrogen (secondary N) is 2. The van der Waals surface area contributed by atoms with Crippen LogP contribution in [-0.4, -0.2) is 37.3 Å². The number of benzene rings is 1. The first-order chi connectivity index (χ1) is 9.53. The quantitative estimate of drug-likeness (QED) is 0.815. The molecule has 0 radical (unpaired) electrons. The average molecular weight is 296 g/mol. The Kier molecular flexibility index (Phi) is 4.35. The summed E-state index contributed by atoms with van der Waals surface area (Å²) < 4.78 is 31.9. The summed E-state index contributed by atoms with van der Waals surface area (Å²) in [5.41, 5.74) is 0.769. The van der Waals surface area contributed by atoms with E-state index in [0.29, 0.717) is 18.0 Å². The third-order valence-electron chi connectivity index (χ3n) is 2.80. The zero-order chi connectivity index (χ0) is 14.6. The Balaban J connectivity index is 2.04. The van der Waals surface area contributed by atoms with Gasteiger partial charge in [0.1, 0.15) is 17.9 Å². The zero-order valence-corrected chi connectivity index (χ0v) is 12.1. The van der Waals surface area contributed by atoms with Crippen molar-refractivity contribution in [2.75, 3.05) is 13.7 Å². The van der Waals surface area contributed by atoms with Crippen LogP contribution < -0.4 is 9.46 Å². The number of ether oxygens (including phenoxy) is 1. The molecule has 1 aromatic heterocycles. The molecule has 2 rings (SSSR count). The number of aryl methyl sites for hydroxylation is 1. The predicted molar refractivity (Wildman–Crippen MR) is 73.0 cm³/mol. The molecule has 108 valence electrons. The van der Waals surface area contributed by atoms with Gasteiger partial charge in [-0.15, -0.1) is 0 Å². The van der Waals surface area contributed by atoms with Gasteiger partial charge in [-0.3, -0.25) is 5.10 Å². The molecule has 0 aliphatic rings. The minimum Gasteiger partial charge on any atom is -0.496 e. The molecule has 0 spiro atoms. The summed E-state index contributed by atoms with van der Waals surface area (Å²) in [7, 11) is -1.98. The van der Waals surface area contributed by atoms with Gasteiger partial charge in [0.05, 0.1) is 12.0 Å². The lowest BCUT2D eigenvalue weighted by Crippen LogP contribution is -2.26. The van der Waals surface area contributed by atoms with Crippen LogP contribution in [0.25, 0.3) is 0 Å². The molecule has 0 unspecified atom stereocenters. The molecule has 2 aromatic rings. The van der Waals surface area contributed by atoms with Gasteiger partial charge in [0.2, 0.25) is 10.0 Å². The second kappa shape index (κ2) is 6.02. The summed E-state index contributed by atoms with van der Waals surface area (Å²) in [5.74, 6) is 1.30. The van der Waals surface area contributed by atoms with E-state index in [0.717, 1.165) is 5.56 Å². The normalized spacial score (nSPS) is 11.5. The molecule has 8 heteroatoms. The number of hydrogen-bond acceptors (Lipinski definition) is 5. The Morgan fingerprint density at radius 2 is 2.20 bits per heavy atom. The molecule has 0 aliphatic heterocycles. The van der Waals surface area contributed by atoms with E-state index in [1.165, 1.54) is 12.4 Å². The van der Waals surface area contributed by atoms with Crippen LogP contribution in [0.2, 0.25) is 0 Å². The van der Waals surface area contributed by atoms with E-state index in [4.69, 9.17) is 4.74 Å². The molecule has 1 heterocycles. The van der Waals surface area contributed by atoms with Gasteiger partial charge in [0.15, 0.2) is 0 Å². The Hall–Kier alpha value is -1.93. The molecule has 2 N–H and O–H groups in total. The fourth-order valence-electron chi connectivity index (χ4n) is 1.76. The van der Waals surface area contributed by atoms with E-state index in [-0.39, 0.29) is 11.4 Å². The van der Waals surface area contributed by atoms with Gasteiger partial charge in [0, 0.05) is 13.0 Å². The highest BCUT2D eigenvalue weighted by molar-refractivity contribution is 7.89. The van der Waals surface area contributed by atoms with Crippen LogP contribution in [0.3, 0.4) is 0 Å². The van der Waals surface area contributed by atoms with Gasteiger partial charge < -0.3 is 4.74 Å². The van der Waals surface area contributed by atoms with Gasteiger partial charge in [0.25, 0.3) is 0 Å². The van der Waals surface area contributed by atoms with Crippen LogP contribution in [0.15, 0.2) is 29.4 Å². The number of H-pyrrole nitrogens is 1. The second-order valence-electron chi connectivity index (χ2n) is 4.21. The fraction of sp³-hybridized carbons (Fsp3) is 0.333. The first-order valence-electron chi connectivity index (χ1n) is 6.01. The van der Waals surface area contributed by atoms with Gasteiger partial charge in [-0.05, 0) is 30.7 Å². The molecule has 20 heavy (non-hydrogen) atoms. The van der Waals surface area contributed by atoms with E-state index >= 15 is 0 Å². The highest BCUT2D eigenvalue weighted by Gasteiger charge is 2.15. The lowest BCUT2D eigenvalue weighted by Gasteiger charge is -2.09. The lowest BCUT2D eigenvalue weighted by molar-refractivity contribution is 0.411. The van der Waals surface area contributed by atoms with Crippen LogP contribution >= 0.6 is 0 Å². The molecular weight excluding hydrogens is 280 g/mol. The molecule has 0 fully saturated rings. The summed E-state index contributed by atoms with van der Waals surface area (Å²) in [6.07, 6.45) is 1.84. The van der Waals surface area contributed by atoms with Crippen molar-refractivity contribution in [2.24, 2.45) is 0 Å². The van der Waals surface area contributed by atoms with Gasteiger partial charge in [-0.2, -0.15) is 5.10 Å². The van der Waals surface area contributed by atoms with Crippen molar-refractivity contribution in [1.82, 2.24) is 19.9 Å². The number of sulfonamides is 1. The Morgan fingerprint density at radius 1 is 1.40 bits per heavy atom. The first-order valence-corrected chi connectivity index (χ1v) is 7.50. The SMILES string of the molecule is COc1ccc(S(=O)(=O)NCCc2ncn[nH]2)cc1C. The summed E-state index contributed by atoms with van der Waals surface area (Å²) >= 11 is 0. The molecule has 0 saturated heterocycles. The number of methoxy groups -OCH3 is 1.